The minimum Gasteiger partial charge on any atom is -0.508 e. The number of phenols is 1. The summed E-state index contributed by atoms with van der Waals surface area (Å²) in [6.45, 7) is 0.524. The maximum atomic E-state index is 12.7. The van der Waals surface area contributed by atoms with Crippen molar-refractivity contribution in [2.75, 3.05) is 13.7 Å². The first-order chi connectivity index (χ1) is 12.7. The Labute approximate surface area is 153 Å². The lowest BCUT2D eigenvalue weighted by atomic mass is 9.98. The minimum absolute atomic E-state index is 0.0601. The van der Waals surface area contributed by atoms with Crippen LogP contribution in [0.1, 0.15) is 15.9 Å². The summed E-state index contributed by atoms with van der Waals surface area (Å²) < 4.78 is 5.26. The molecule has 3 rings (SSSR count). The highest BCUT2D eigenvalue weighted by atomic mass is 16.5. The molecule has 0 unspecified atom stereocenters. The van der Waals surface area contributed by atoms with Crippen molar-refractivity contribution in [3.63, 3.8) is 0 Å². The summed E-state index contributed by atoms with van der Waals surface area (Å²) in [6, 6.07) is 22.3. The zero-order valence-corrected chi connectivity index (χ0v) is 14.6. The number of amides is 1. The van der Waals surface area contributed by atoms with Gasteiger partial charge in [-0.15, -0.1) is 0 Å². The van der Waals surface area contributed by atoms with Crippen molar-refractivity contribution in [3.05, 3.63) is 83.9 Å². The molecule has 0 saturated heterocycles. The molecular weight excluding hydrogens is 326 g/mol. The SMILES string of the molecule is COc1cccc(-c2ccc(O)cc2C(=O)NCCc2ccccc2)c1. The summed E-state index contributed by atoms with van der Waals surface area (Å²) >= 11 is 0. The fourth-order valence-electron chi connectivity index (χ4n) is 2.82. The maximum Gasteiger partial charge on any atom is 0.252 e. The first-order valence-corrected chi connectivity index (χ1v) is 8.47. The lowest BCUT2D eigenvalue weighted by Gasteiger charge is -2.12. The van der Waals surface area contributed by atoms with Gasteiger partial charge in [-0.1, -0.05) is 42.5 Å². The van der Waals surface area contributed by atoms with Gasteiger partial charge in [-0.05, 0) is 53.4 Å². The topological polar surface area (TPSA) is 58.6 Å². The number of carbonyl (C=O) groups is 1. The van der Waals surface area contributed by atoms with E-state index in [0.717, 1.165) is 23.1 Å². The van der Waals surface area contributed by atoms with Crippen LogP contribution in [-0.4, -0.2) is 24.7 Å². The van der Waals surface area contributed by atoms with Crippen LogP contribution < -0.4 is 10.1 Å². The number of ether oxygens (including phenoxy) is 1. The molecule has 0 saturated carbocycles. The molecule has 1 amide bonds. The first kappa shape index (κ1) is 17.5. The average Bonchev–Trinajstić information content (AvgIpc) is 2.68. The molecule has 3 aromatic carbocycles. The van der Waals surface area contributed by atoms with E-state index in [4.69, 9.17) is 4.74 Å². The van der Waals surface area contributed by atoms with Gasteiger partial charge in [0.2, 0.25) is 0 Å². The smallest absolute Gasteiger partial charge is 0.252 e. The van der Waals surface area contributed by atoms with E-state index in [9.17, 15) is 9.90 Å². The first-order valence-electron chi connectivity index (χ1n) is 8.47. The summed E-state index contributed by atoms with van der Waals surface area (Å²) in [5.74, 6) is 0.561. The van der Waals surface area contributed by atoms with Gasteiger partial charge in [0.25, 0.3) is 5.91 Å². The number of benzene rings is 3. The molecule has 0 bridgehead atoms. The molecule has 0 spiro atoms. The summed E-state index contributed by atoms with van der Waals surface area (Å²) in [5, 5.41) is 12.8. The molecule has 0 aliphatic heterocycles. The van der Waals surface area contributed by atoms with Crippen molar-refractivity contribution in [1.82, 2.24) is 5.32 Å². The van der Waals surface area contributed by atoms with Gasteiger partial charge < -0.3 is 15.2 Å². The molecule has 26 heavy (non-hydrogen) atoms. The Kier molecular flexibility index (Phi) is 5.54. The predicted molar refractivity (Wildman–Crippen MR) is 103 cm³/mol. The number of carbonyl (C=O) groups excluding carboxylic acids is 1. The van der Waals surface area contributed by atoms with Crippen LogP contribution >= 0.6 is 0 Å². The number of rotatable bonds is 6. The molecule has 0 aliphatic rings. The zero-order chi connectivity index (χ0) is 18.4. The summed E-state index contributed by atoms with van der Waals surface area (Å²) in [4.78, 5) is 12.7. The van der Waals surface area contributed by atoms with Crippen molar-refractivity contribution < 1.29 is 14.6 Å². The molecule has 0 heterocycles. The molecular formula is C22H21NO3. The maximum absolute atomic E-state index is 12.7. The van der Waals surface area contributed by atoms with Crippen molar-refractivity contribution in [3.8, 4) is 22.6 Å². The standard InChI is InChI=1S/C22H21NO3/c1-26-19-9-5-8-17(14-19)20-11-10-18(24)15-21(20)22(25)23-13-12-16-6-3-2-4-7-16/h2-11,14-15,24H,12-13H2,1H3,(H,23,25). The monoisotopic (exact) mass is 347 g/mol. The van der Waals surface area contributed by atoms with Crippen molar-refractivity contribution in [1.29, 1.82) is 0 Å². The van der Waals surface area contributed by atoms with Gasteiger partial charge in [-0.25, -0.2) is 0 Å². The van der Waals surface area contributed by atoms with Crippen LogP contribution in [0.4, 0.5) is 0 Å². The van der Waals surface area contributed by atoms with E-state index in [-0.39, 0.29) is 11.7 Å². The number of hydrogen-bond acceptors (Lipinski definition) is 3. The summed E-state index contributed by atoms with van der Waals surface area (Å²) in [7, 11) is 1.60. The summed E-state index contributed by atoms with van der Waals surface area (Å²) in [5.41, 5.74) is 3.21. The molecule has 2 N–H and O–H groups in total. The quantitative estimate of drug-likeness (QED) is 0.707. The van der Waals surface area contributed by atoms with Crippen LogP contribution in [0, 0.1) is 0 Å². The van der Waals surface area contributed by atoms with Gasteiger partial charge in [0.15, 0.2) is 0 Å². The van der Waals surface area contributed by atoms with Crippen molar-refractivity contribution in [2.24, 2.45) is 0 Å². The van der Waals surface area contributed by atoms with Crippen LogP contribution in [0.25, 0.3) is 11.1 Å². The fraction of sp³-hybridized carbons (Fsp3) is 0.136. The fourth-order valence-corrected chi connectivity index (χ4v) is 2.82. The normalized spacial score (nSPS) is 10.3. The van der Waals surface area contributed by atoms with Gasteiger partial charge in [0.1, 0.15) is 11.5 Å². The Morgan fingerprint density at radius 3 is 2.58 bits per heavy atom. The Hall–Kier alpha value is -3.27. The molecule has 3 aromatic rings. The summed E-state index contributed by atoms with van der Waals surface area (Å²) in [6.07, 6.45) is 0.750. The Balaban J connectivity index is 1.79. The molecule has 0 atom stereocenters. The van der Waals surface area contributed by atoms with Crippen LogP contribution in [0.3, 0.4) is 0 Å². The lowest BCUT2D eigenvalue weighted by molar-refractivity contribution is 0.0954. The van der Waals surface area contributed by atoms with E-state index in [1.807, 2.05) is 54.6 Å². The van der Waals surface area contributed by atoms with Gasteiger partial charge in [-0.2, -0.15) is 0 Å². The second-order valence-corrected chi connectivity index (χ2v) is 5.95. The Morgan fingerprint density at radius 1 is 1.00 bits per heavy atom. The van der Waals surface area contributed by atoms with Gasteiger partial charge in [0.05, 0.1) is 12.7 Å². The van der Waals surface area contributed by atoms with Crippen molar-refractivity contribution >= 4 is 5.91 Å². The number of aromatic hydroxyl groups is 1. The molecule has 0 aliphatic carbocycles. The number of methoxy groups -OCH3 is 1. The molecule has 0 fully saturated rings. The van der Waals surface area contributed by atoms with Gasteiger partial charge in [0, 0.05) is 6.54 Å². The van der Waals surface area contributed by atoms with E-state index in [2.05, 4.69) is 5.32 Å². The van der Waals surface area contributed by atoms with Crippen LogP contribution in [-0.2, 0) is 6.42 Å². The van der Waals surface area contributed by atoms with E-state index < -0.39 is 0 Å². The van der Waals surface area contributed by atoms with E-state index in [0.29, 0.717) is 17.9 Å². The second kappa shape index (κ2) is 8.21. The molecule has 0 aromatic heterocycles. The Morgan fingerprint density at radius 2 is 1.81 bits per heavy atom. The molecule has 0 radical (unpaired) electrons. The number of phenolic OH excluding ortho intramolecular Hbond substituents is 1. The van der Waals surface area contributed by atoms with Crippen molar-refractivity contribution in [2.45, 2.75) is 6.42 Å². The highest BCUT2D eigenvalue weighted by molar-refractivity contribution is 6.01. The number of hydrogen-bond donors (Lipinski definition) is 2. The minimum atomic E-state index is -0.213. The zero-order valence-electron chi connectivity index (χ0n) is 14.6. The highest BCUT2D eigenvalue weighted by Crippen LogP contribution is 2.29. The third-order valence-corrected chi connectivity index (χ3v) is 4.17. The third-order valence-electron chi connectivity index (χ3n) is 4.17. The average molecular weight is 347 g/mol. The molecule has 132 valence electrons. The Bertz CT molecular complexity index is 891. The predicted octanol–water partition coefficient (Wildman–Crippen LogP) is 4.04. The van der Waals surface area contributed by atoms with E-state index >= 15 is 0 Å². The van der Waals surface area contributed by atoms with E-state index in [1.54, 1.807) is 19.2 Å². The number of nitrogens with one attached hydrogen (secondary N) is 1. The largest absolute Gasteiger partial charge is 0.508 e. The van der Waals surface area contributed by atoms with Gasteiger partial charge in [-0.3, -0.25) is 4.79 Å². The van der Waals surface area contributed by atoms with Crippen LogP contribution in [0.5, 0.6) is 11.5 Å². The van der Waals surface area contributed by atoms with E-state index in [1.165, 1.54) is 6.07 Å². The third kappa shape index (κ3) is 4.22. The van der Waals surface area contributed by atoms with Crippen LogP contribution in [0.15, 0.2) is 72.8 Å². The van der Waals surface area contributed by atoms with Crippen LogP contribution in [0.2, 0.25) is 0 Å². The second-order valence-electron chi connectivity index (χ2n) is 5.95. The lowest BCUT2D eigenvalue weighted by Crippen LogP contribution is -2.26. The molecule has 4 nitrogen and oxygen atoms in total. The van der Waals surface area contributed by atoms with Gasteiger partial charge >= 0.3 is 0 Å². The molecule has 4 heteroatoms. The highest BCUT2D eigenvalue weighted by Gasteiger charge is 2.14.